The number of rotatable bonds is 7. The highest BCUT2D eigenvalue weighted by Crippen LogP contribution is 2.23. The fourth-order valence-electron chi connectivity index (χ4n) is 1.65. The normalized spacial score (nSPS) is 12.8. The van der Waals surface area contributed by atoms with Gasteiger partial charge in [-0.1, -0.05) is 11.6 Å². The third-order valence-electron chi connectivity index (χ3n) is 2.58. The van der Waals surface area contributed by atoms with Crippen molar-refractivity contribution in [2.45, 2.75) is 32.4 Å². The zero-order valence-electron chi connectivity index (χ0n) is 11.1. The first-order valence-corrected chi connectivity index (χ1v) is 6.34. The molecule has 0 saturated heterocycles. The van der Waals surface area contributed by atoms with Gasteiger partial charge in [-0.2, -0.15) is 0 Å². The van der Waals surface area contributed by atoms with E-state index in [-0.39, 0.29) is 12.1 Å². The average Bonchev–Trinajstić information content (AvgIpc) is 2.34. The van der Waals surface area contributed by atoms with Gasteiger partial charge >= 0.3 is 0 Å². The van der Waals surface area contributed by atoms with Crippen molar-refractivity contribution in [1.82, 2.24) is 5.43 Å². The van der Waals surface area contributed by atoms with Crippen LogP contribution in [0.1, 0.15) is 19.4 Å². The van der Waals surface area contributed by atoms with E-state index in [1.54, 1.807) is 13.2 Å². The molecule has 18 heavy (non-hydrogen) atoms. The minimum atomic E-state index is 0.0276. The van der Waals surface area contributed by atoms with Crippen LogP contribution in [-0.4, -0.2) is 25.9 Å². The standard InChI is InChI=1S/C13H21ClN2O2/c1-9(2)18-8-12(16-15)7-10-6-11(14)4-5-13(10)17-3/h4-6,9,12,16H,7-8,15H2,1-3H3. The lowest BCUT2D eigenvalue weighted by atomic mass is 10.1. The number of hydrogen-bond donors (Lipinski definition) is 2. The van der Waals surface area contributed by atoms with Gasteiger partial charge in [0.1, 0.15) is 5.75 Å². The predicted octanol–water partition coefficient (Wildman–Crippen LogP) is 2.15. The minimum absolute atomic E-state index is 0.0276. The van der Waals surface area contributed by atoms with Gasteiger partial charge in [0, 0.05) is 11.1 Å². The average molecular weight is 273 g/mol. The summed E-state index contributed by atoms with van der Waals surface area (Å²) in [6.45, 7) is 4.53. The number of benzene rings is 1. The summed E-state index contributed by atoms with van der Waals surface area (Å²) in [7, 11) is 1.64. The van der Waals surface area contributed by atoms with Crippen LogP contribution in [0.3, 0.4) is 0 Å². The van der Waals surface area contributed by atoms with Crippen LogP contribution in [0.4, 0.5) is 0 Å². The fraction of sp³-hybridized carbons (Fsp3) is 0.538. The molecule has 0 spiro atoms. The molecule has 3 N–H and O–H groups in total. The fourth-order valence-corrected chi connectivity index (χ4v) is 1.84. The monoisotopic (exact) mass is 272 g/mol. The van der Waals surface area contributed by atoms with E-state index in [0.717, 1.165) is 11.3 Å². The van der Waals surface area contributed by atoms with E-state index in [1.165, 1.54) is 0 Å². The van der Waals surface area contributed by atoms with Crippen LogP contribution < -0.4 is 16.0 Å². The smallest absolute Gasteiger partial charge is 0.122 e. The number of methoxy groups -OCH3 is 1. The van der Waals surface area contributed by atoms with E-state index in [9.17, 15) is 0 Å². The highest BCUT2D eigenvalue weighted by Gasteiger charge is 2.13. The second-order valence-electron chi connectivity index (χ2n) is 4.41. The lowest BCUT2D eigenvalue weighted by Gasteiger charge is -2.19. The lowest BCUT2D eigenvalue weighted by molar-refractivity contribution is 0.0612. The van der Waals surface area contributed by atoms with Crippen molar-refractivity contribution in [2.75, 3.05) is 13.7 Å². The van der Waals surface area contributed by atoms with Crippen molar-refractivity contribution in [2.24, 2.45) is 5.84 Å². The Morgan fingerprint density at radius 3 is 2.67 bits per heavy atom. The van der Waals surface area contributed by atoms with E-state index < -0.39 is 0 Å². The molecule has 1 rings (SSSR count). The minimum Gasteiger partial charge on any atom is -0.496 e. The van der Waals surface area contributed by atoms with Crippen molar-refractivity contribution in [3.05, 3.63) is 28.8 Å². The van der Waals surface area contributed by atoms with Gasteiger partial charge in [-0.05, 0) is 44.0 Å². The number of nitrogens with one attached hydrogen (secondary N) is 1. The van der Waals surface area contributed by atoms with Gasteiger partial charge in [0.05, 0.1) is 19.8 Å². The van der Waals surface area contributed by atoms with Crippen LogP contribution in [0.25, 0.3) is 0 Å². The van der Waals surface area contributed by atoms with Gasteiger partial charge in [-0.3, -0.25) is 11.3 Å². The number of halogens is 1. The molecule has 0 aliphatic heterocycles. The first-order chi connectivity index (χ1) is 8.56. The number of ether oxygens (including phenoxy) is 2. The molecular weight excluding hydrogens is 252 g/mol. The van der Waals surface area contributed by atoms with Crippen molar-refractivity contribution in [3.63, 3.8) is 0 Å². The van der Waals surface area contributed by atoms with E-state index in [4.69, 9.17) is 26.9 Å². The van der Waals surface area contributed by atoms with Crippen LogP contribution in [-0.2, 0) is 11.2 Å². The molecule has 0 heterocycles. The zero-order valence-corrected chi connectivity index (χ0v) is 11.8. The van der Waals surface area contributed by atoms with Crippen LogP contribution in [0.15, 0.2) is 18.2 Å². The second kappa shape index (κ2) is 7.59. The maximum Gasteiger partial charge on any atom is 0.122 e. The number of hydrazine groups is 1. The highest BCUT2D eigenvalue weighted by molar-refractivity contribution is 6.30. The Bertz CT molecular complexity index is 372. The Labute approximate surface area is 113 Å². The van der Waals surface area contributed by atoms with Gasteiger partial charge in [0.2, 0.25) is 0 Å². The molecule has 1 atom stereocenters. The third-order valence-corrected chi connectivity index (χ3v) is 2.81. The molecule has 102 valence electrons. The third kappa shape index (κ3) is 4.82. The molecule has 0 bridgehead atoms. The Morgan fingerprint density at radius 1 is 1.39 bits per heavy atom. The van der Waals surface area contributed by atoms with Crippen LogP contribution in [0, 0.1) is 0 Å². The van der Waals surface area contributed by atoms with Crippen molar-refractivity contribution < 1.29 is 9.47 Å². The van der Waals surface area contributed by atoms with E-state index in [1.807, 2.05) is 26.0 Å². The Hall–Kier alpha value is -0.810. The molecule has 1 aromatic rings. The topological polar surface area (TPSA) is 56.5 Å². The SMILES string of the molecule is COc1ccc(Cl)cc1CC(COC(C)C)NN. The largest absolute Gasteiger partial charge is 0.496 e. The van der Waals surface area contributed by atoms with Gasteiger partial charge in [0.25, 0.3) is 0 Å². The summed E-state index contributed by atoms with van der Waals surface area (Å²) in [5, 5.41) is 0.686. The summed E-state index contributed by atoms with van der Waals surface area (Å²) >= 11 is 5.99. The Morgan fingerprint density at radius 2 is 2.11 bits per heavy atom. The highest BCUT2D eigenvalue weighted by atomic mass is 35.5. The van der Waals surface area contributed by atoms with Crippen LogP contribution >= 0.6 is 11.6 Å². The Kier molecular flexibility index (Phi) is 6.43. The molecule has 0 amide bonds. The van der Waals surface area contributed by atoms with Crippen LogP contribution in [0.2, 0.25) is 5.02 Å². The molecule has 0 fully saturated rings. The molecule has 0 aromatic heterocycles. The molecule has 1 aromatic carbocycles. The van der Waals surface area contributed by atoms with E-state index >= 15 is 0 Å². The predicted molar refractivity (Wildman–Crippen MR) is 73.9 cm³/mol. The molecule has 1 unspecified atom stereocenters. The van der Waals surface area contributed by atoms with E-state index in [2.05, 4.69) is 5.43 Å². The lowest BCUT2D eigenvalue weighted by Crippen LogP contribution is -2.41. The van der Waals surface area contributed by atoms with Crippen LogP contribution in [0.5, 0.6) is 5.75 Å². The maximum absolute atomic E-state index is 5.99. The quantitative estimate of drug-likeness (QED) is 0.590. The van der Waals surface area contributed by atoms with Crippen molar-refractivity contribution >= 4 is 11.6 Å². The molecule has 0 saturated carbocycles. The number of hydrogen-bond acceptors (Lipinski definition) is 4. The van der Waals surface area contributed by atoms with Crippen molar-refractivity contribution in [1.29, 1.82) is 0 Å². The zero-order chi connectivity index (χ0) is 13.5. The summed E-state index contributed by atoms with van der Waals surface area (Å²) in [5.74, 6) is 6.34. The summed E-state index contributed by atoms with van der Waals surface area (Å²) in [6.07, 6.45) is 0.884. The Balaban J connectivity index is 2.71. The molecule has 0 aliphatic rings. The van der Waals surface area contributed by atoms with Crippen molar-refractivity contribution in [3.8, 4) is 5.75 Å². The molecular formula is C13H21ClN2O2. The summed E-state index contributed by atoms with van der Waals surface area (Å²) in [5.41, 5.74) is 3.77. The van der Waals surface area contributed by atoms with Gasteiger partial charge < -0.3 is 9.47 Å². The maximum atomic E-state index is 5.99. The molecule has 5 heteroatoms. The second-order valence-corrected chi connectivity index (χ2v) is 4.84. The summed E-state index contributed by atoms with van der Waals surface area (Å²) in [4.78, 5) is 0. The van der Waals surface area contributed by atoms with Gasteiger partial charge in [0.15, 0.2) is 0 Å². The van der Waals surface area contributed by atoms with E-state index in [0.29, 0.717) is 18.1 Å². The van der Waals surface area contributed by atoms with Gasteiger partial charge in [-0.25, -0.2) is 0 Å². The molecule has 0 aliphatic carbocycles. The molecule has 4 nitrogen and oxygen atoms in total. The summed E-state index contributed by atoms with van der Waals surface area (Å²) in [6, 6.07) is 5.58. The van der Waals surface area contributed by atoms with Gasteiger partial charge in [-0.15, -0.1) is 0 Å². The number of nitrogens with two attached hydrogens (primary N) is 1. The molecule has 0 radical (unpaired) electrons. The first kappa shape index (κ1) is 15.2. The first-order valence-electron chi connectivity index (χ1n) is 5.97. The summed E-state index contributed by atoms with van der Waals surface area (Å²) < 4.78 is 10.9.